The average molecular weight is 225 g/mol. The van der Waals surface area contributed by atoms with Crippen molar-refractivity contribution < 1.29 is 0 Å². The summed E-state index contributed by atoms with van der Waals surface area (Å²) < 4.78 is 0. The Balaban J connectivity index is 2.47. The van der Waals surface area contributed by atoms with E-state index in [4.69, 9.17) is 5.26 Å². The fourth-order valence-corrected chi connectivity index (χ4v) is 3.05. The minimum atomic E-state index is 0.285. The van der Waals surface area contributed by atoms with E-state index >= 15 is 0 Å². The second kappa shape index (κ2) is 4.37. The molecule has 0 N–H and O–H groups in total. The van der Waals surface area contributed by atoms with Crippen molar-refractivity contribution in [2.24, 2.45) is 5.41 Å². The van der Waals surface area contributed by atoms with Crippen LogP contribution in [-0.4, -0.2) is 0 Å². The van der Waals surface area contributed by atoms with Crippen LogP contribution in [-0.2, 0) is 0 Å². The van der Waals surface area contributed by atoms with E-state index in [1.54, 1.807) is 0 Å². The van der Waals surface area contributed by atoms with Gasteiger partial charge in [0.25, 0.3) is 0 Å². The van der Waals surface area contributed by atoms with Crippen molar-refractivity contribution in [1.29, 1.82) is 5.26 Å². The molecule has 0 saturated carbocycles. The molecule has 88 valence electrons. The lowest BCUT2D eigenvalue weighted by atomic mass is 9.66. The van der Waals surface area contributed by atoms with Gasteiger partial charge in [0, 0.05) is 5.92 Å². The number of nitrogens with zero attached hydrogens (tertiary/aromatic N) is 1. The van der Waals surface area contributed by atoms with Crippen molar-refractivity contribution in [1.82, 2.24) is 0 Å². The third-order valence-corrected chi connectivity index (χ3v) is 3.84. The van der Waals surface area contributed by atoms with Gasteiger partial charge in [-0.15, -0.1) is 0 Å². The monoisotopic (exact) mass is 225 g/mol. The van der Waals surface area contributed by atoms with Crippen molar-refractivity contribution in [3.63, 3.8) is 0 Å². The van der Waals surface area contributed by atoms with Crippen molar-refractivity contribution in [3.8, 4) is 6.07 Å². The molecule has 0 spiro atoms. The van der Waals surface area contributed by atoms with E-state index in [-0.39, 0.29) is 5.41 Å². The summed E-state index contributed by atoms with van der Waals surface area (Å²) in [5.41, 5.74) is 3.77. The SMILES string of the molecule is CC1=CCCC(C)(C)C1c1cccc(C#N)c1. The minimum Gasteiger partial charge on any atom is -0.192 e. The molecule has 2 rings (SSSR count). The topological polar surface area (TPSA) is 23.8 Å². The Hall–Kier alpha value is -1.55. The molecular weight excluding hydrogens is 206 g/mol. The molecule has 0 radical (unpaired) electrons. The lowest BCUT2D eigenvalue weighted by Crippen LogP contribution is -2.26. The molecule has 1 heteroatoms. The van der Waals surface area contributed by atoms with Gasteiger partial charge < -0.3 is 0 Å². The normalized spacial score (nSPS) is 22.7. The van der Waals surface area contributed by atoms with Crippen LogP contribution in [0, 0.1) is 16.7 Å². The van der Waals surface area contributed by atoms with E-state index < -0.39 is 0 Å². The van der Waals surface area contributed by atoms with Gasteiger partial charge in [0.1, 0.15) is 0 Å². The van der Waals surface area contributed by atoms with Gasteiger partial charge in [-0.25, -0.2) is 0 Å². The quantitative estimate of drug-likeness (QED) is 0.649. The maximum atomic E-state index is 8.99. The van der Waals surface area contributed by atoms with Crippen LogP contribution in [0.2, 0.25) is 0 Å². The Morgan fingerprint density at radius 3 is 2.76 bits per heavy atom. The van der Waals surface area contributed by atoms with Crippen molar-refractivity contribution in [2.45, 2.75) is 39.5 Å². The summed E-state index contributed by atoms with van der Waals surface area (Å²) in [5, 5.41) is 8.99. The van der Waals surface area contributed by atoms with Gasteiger partial charge in [0.15, 0.2) is 0 Å². The Labute approximate surface area is 104 Å². The number of nitriles is 1. The first-order chi connectivity index (χ1) is 8.04. The van der Waals surface area contributed by atoms with Crippen molar-refractivity contribution >= 4 is 0 Å². The van der Waals surface area contributed by atoms with E-state index in [1.165, 1.54) is 24.0 Å². The second-order valence-electron chi connectivity index (χ2n) is 5.65. The summed E-state index contributed by atoms with van der Waals surface area (Å²) >= 11 is 0. The number of benzene rings is 1. The predicted molar refractivity (Wildman–Crippen MR) is 70.7 cm³/mol. The van der Waals surface area contributed by atoms with E-state index in [0.717, 1.165) is 5.56 Å². The summed E-state index contributed by atoms with van der Waals surface area (Å²) in [6.07, 6.45) is 4.73. The maximum Gasteiger partial charge on any atom is 0.0991 e. The Bertz CT molecular complexity index is 488. The Kier molecular flexibility index (Phi) is 3.07. The molecule has 0 aliphatic heterocycles. The number of hydrogen-bond acceptors (Lipinski definition) is 1. The van der Waals surface area contributed by atoms with Crippen LogP contribution in [0.15, 0.2) is 35.9 Å². The molecule has 1 atom stereocenters. The van der Waals surface area contributed by atoms with Crippen LogP contribution in [0.4, 0.5) is 0 Å². The standard InChI is InChI=1S/C16H19N/c1-12-6-5-9-16(2,3)15(12)14-8-4-7-13(10-14)11-17/h4,6-8,10,15H,5,9H2,1-3H3. The molecule has 1 aliphatic rings. The van der Waals surface area contributed by atoms with Gasteiger partial charge in [0.2, 0.25) is 0 Å². The summed E-state index contributed by atoms with van der Waals surface area (Å²) in [5.74, 6) is 0.449. The van der Waals surface area contributed by atoms with Gasteiger partial charge in [0.05, 0.1) is 11.6 Å². The van der Waals surface area contributed by atoms with Gasteiger partial charge in [-0.1, -0.05) is 37.6 Å². The summed E-state index contributed by atoms with van der Waals surface area (Å²) in [4.78, 5) is 0. The molecule has 0 amide bonds. The number of allylic oxidation sites excluding steroid dienone is 2. The molecule has 1 nitrogen and oxygen atoms in total. The third-order valence-electron chi connectivity index (χ3n) is 3.84. The van der Waals surface area contributed by atoms with Crippen LogP contribution in [0.5, 0.6) is 0 Å². The van der Waals surface area contributed by atoms with E-state index in [0.29, 0.717) is 5.92 Å². The Morgan fingerprint density at radius 2 is 2.12 bits per heavy atom. The van der Waals surface area contributed by atoms with Gasteiger partial charge in [-0.2, -0.15) is 5.26 Å². The van der Waals surface area contributed by atoms with Crippen LogP contribution < -0.4 is 0 Å². The van der Waals surface area contributed by atoms with Crippen LogP contribution >= 0.6 is 0 Å². The molecule has 0 bridgehead atoms. The zero-order valence-corrected chi connectivity index (χ0v) is 10.8. The highest BCUT2D eigenvalue weighted by atomic mass is 14.4. The molecule has 0 fully saturated rings. The highest BCUT2D eigenvalue weighted by Crippen LogP contribution is 2.47. The largest absolute Gasteiger partial charge is 0.192 e. The second-order valence-corrected chi connectivity index (χ2v) is 5.65. The van der Waals surface area contributed by atoms with E-state index in [9.17, 15) is 0 Å². The van der Waals surface area contributed by atoms with Crippen LogP contribution in [0.1, 0.15) is 50.7 Å². The Morgan fingerprint density at radius 1 is 1.35 bits per heavy atom. The fourth-order valence-electron chi connectivity index (χ4n) is 3.05. The van der Waals surface area contributed by atoms with Gasteiger partial charge in [-0.3, -0.25) is 0 Å². The van der Waals surface area contributed by atoms with Crippen LogP contribution in [0.25, 0.3) is 0 Å². The highest BCUT2D eigenvalue weighted by Gasteiger charge is 2.33. The first-order valence-corrected chi connectivity index (χ1v) is 6.21. The van der Waals surface area contributed by atoms with Gasteiger partial charge in [-0.05, 0) is 42.9 Å². The smallest absolute Gasteiger partial charge is 0.0991 e. The predicted octanol–water partition coefficient (Wildman–Crippen LogP) is 4.41. The molecule has 0 aromatic heterocycles. The molecule has 17 heavy (non-hydrogen) atoms. The summed E-state index contributed by atoms with van der Waals surface area (Å²) in [6, 6.07) is 10.3. The molecule has 1 unspecified atom stereocenters. The third kappa shape index (κ3) is 2.26. The summed E-state index contributed by atoms with van der Waals surface area (Å²) in [6.45, 7) is 6.87. The maximum absolute atomic E-state index is 8.99. The van der Waals surface area contributed by atoms with Crippen molar-refractivity contribution in [3.05, 3.63) is 47.0 Å². The van der Waals surface area contributed by atoms with Crippen molar-refractivity contribution in [2.75, 3.05) is 0 Å². The lowest BCUT2D eigenvalue weighted by Gasteiger charge is -2.39. The van der Waals surface area contributed by atoms with Gasteiger partial charge >= 0.3 is 0 Å². The fraction of sp³-hybridized carbons (Fsp3) is 0.438. The van der Waals surface area contributed by atoms with Crippen LogP contribution in [0.3, 0.4) is 0 Å². The zero-order valence-electron chi connectivity index (χ0n) is 10.8. The first kappa shape index (κ1) is 11.9. The molecule has 0 heterocycles. The summed E-state index contributed by atoms with van der Waals surface area (Å²) in [7, 11) is 0. The van der Waals surface area contributed by atoms with E-state index in [1.807, 2.05) is 18.2 Å². The number of rotatable bonds is 1. The molecule has 1 aliphatic carbocycles. The number of hydrogen-bond donors (Lipinski definition) is 0. The zero-order chi connectivity index (χ0) is 12.5. The molecule has 0 saturated heterocycles. The highest BCUT2D eigenvalue weighted by molar-refractivity contribution is 5.39. The molecule has 1 aromatic rings. The molecule has 1 aromatic carbocycles. The average Bonchev–Trinajstić information content (AvgIpc) is 2.28. The lowest BCUT2D eigenvalue weighted by molar-refractivity contribution is 0.276. The minimum absolute atomic E-state index is 0.285. The molecular formula is C16H19N. The first-order valence-electron chi connectivity index (χ1n) is 6.21. The van der Waals surface area contributed by atoms with E-state index in [2.05, 4.69) is 39.0 Å².